The van der Waals surface area contributed by atoms with E-state index in [1.54, 1.807) is 23.9 Å². The third-order valence-electron chi connectivity index (χ3n) is 5.92. The molecular weight excluding hydrogens is 440 g/mol. The molecule has 3 aromatic carbocycles. The first-order chi connectivity index (χ1) is 16.7. The highest BCUT2D eigenvalue weighted by Gasteiger charge is 2.21. The zero-order valence-electron chi connectivity index (χ0n) is 19.1. The molecule has 0 aliphatic rings. The third-order valence-corrected chi connectivity index (χ3v) is 6.96. The molecule has 0 aliphatic heterocycles. The Morgan fingerprint density at radius 3 is 2.53 bits per heavy atom. The number of nitrogens with zero attached hydrogens (tertiary/aromatic N) is 4. The summed E-state index contributed by atoms with van der Waals surface area (Å²) in [6.07, 6.45) is 7.30. The SMILES string of the molecule is CCc1ccc2nc(N(CCCn3ccnc3)C(=O)c3ccc(-c4ccccc4)cc3)sc2c1. The Balaban J connectivity index is 1.42. The van der Waals surface area contributed by atoms with Crippen molar-refractivity contribution in [1.29, 1.82) is 0 Å². The highest BCUT2D eigenvalue weighted by atomic mass is 32.1. The molecule has 0 bridgehead atoms. The largest absolute Gasteiger partial charge is 0.337 e. The number of hydrogen-bond acceptors (Lipinski definition) is 4. The molecule has 170 valence electrons. The number of imidazole rings is 1. The van der Waals surface area contributed by atoms with Gasteiger partial charge in [0.1, 0.15) is 0 Å². The molecule has 5 aromatic rings. The zero-order valence-corrected chi connectivity index (χ0v) is 19.9. The van der Waals surface area contributed by atoms with Gasteiger partial charge >= 0.3 is 0 Å². The van der Waals surface area contributed by atoms with Crippen molar-refractivity contribution in [3.63, 3.8) is 0 Å². The number of carbonyl (C=O) groups is 1. The molecule has 0 saturated heterocycles. The molecule has 0 N–H and O–H groups in total. The maximum absolute atomic E-state index is 13.7. The molecule has 0 unspecified atom stereocenters. The Hall–Kier alpha value is -3.77. The van der Waals surface area contributed by atoms with Crippen molar-refractivity contribution < 1.29 is 4.79 Å². The molecular formula is C28H26N4OS. The number of carbonyl (C=O) groups excluding carboxylic acids is 1. The number of benzene rings is 3. The second-order valence-corrected chi connectivity index (χ2v) is 9.22. The monoisotopic (exact) mass is 466 g/mol. The van der Waals surface area contributed by atoms with Gasteiger partial charge in [-0.1, -0.05) is 66.8 Å². The fraction of sp³-hybridized carbons (Fsp3) is 0.179. The summed E-state index contributed by atoms with van der Waals surface area (Å²) in [7, 11) is 0. The summed E-state index contributed by atoms with van der Waals surface area (Å²) >= 11 is 1.58. The second-order valence-electron chi connectivity index (χ2n) is 8.21. The van der Waals surface area contributed by atoms with Crippen LogP contribution in [0, 0.1) is 0 Å². The minimum absolute atomic E-state index is 0.0278. The number of aryl methyl sites for hydroxylation is 2. The van der Waals surface area contributed by atoms with Gasteiger partial charge < -0.3 is 4.57 Å². The Kier molecular flexibility index (Phi) is 6.49. The molecule has 5 nitrogen and oxygen atoms in total. The molecule has 34 heavy (non-hydrogen) atoms. The number of aromatic nitrogens is 3. The summed E-state index contributed by atoms with van der Waals surface area (Å²) in [4.78, 5) is 24.4. The molecule has 5 rings (SSSR count). The van der Waals surface area contributed by atoms with Gasteiger partial charge in [0, 0.05) is 31.0 Å². The van der Waals surface area contributed by atoms with E-state index in [4.69, 9.17) is 4.98 Å². The Morgan fingerprint density at radius 1 is 1.00 bits per heavy atom. The van der Waals surface area contributed by atoms with Crippen LogP contribution in [0.2, 0.25) is 0 Å². The van der Waals surface area contributed by atoms with Gasteiger partial charge in [-0.05, 0) is 53.8 Å². The van der Waals surface area contributed by atoms with Gasteiger partial charge in [-0.3, -0.25) is 9.69 Å². The first-order valence-corrected chi connectivity index (χ1v) is 12.4. The molecule has 0 spiro atoms. The van der Waals surface area contributed by atoms with E-state index in [-0.39, 0.29) is 5.91 Å². The van der Waals surface area contributed by atoms with Gasteiger partial charge in [0.15, 0.2) is 5.13 Å². The van der Waals surface area contributed by atoms with Crippen molar-refractivity contribution in [3.05, 3.63) is 103 Å². The van der Waals surface area contributed by atoms with Crippen LogP contribution in [-0.4, -0.2) is 27.0 Å². The average molecular weight is 467 g/mol. The average Bonchev–Trinajstić information content (AvgIpc) is 3.56. The summed E-state index contributed by atoms with van der Waals surface area (Å²) in [5.41, 5.74) is 5.10. The lowest BCUT2D eigenvalue weighted by molar-refractivity contribution is 0.0986. The zero-order chi connectivity index (χ0) is 23.3. The van der Waals surface area contributed by atoms with Crippen molar-refractivity contribution >= 4 is 32.6 Å². The number of rotatable bonds is 8. The van der Waals surface area contributed by atoms with E-state index >= 15 is 0 Å². The third kappa shape index (κ3) is 4.77. The van der Waals surface area contributed by atoms with E-state index in [0.717, 1.165) is 45.9 Å². The van der Waals surface area contributed by atoms with E-state index < -0.39 is 0 Å². The Labute approximate surface area is 203 Å². The smallest absolute Gasteiger partial charge is 0.260 e. The topological polar surface area (TPSA) is 51.0 Å². The number of amides is 1. The van der Waals surface area contributed by atoms with Crippen LogP contribution in [0.15, 0.2) is 91.5 Å². The Bertz CT molecular complexity index is 1380. The summed E-state index contributed by atoms with van der Waals surface area (Å²) in [5.74, 6) is -0.0278. The van der Waals surface area contributed by atoms with Crippen LogP contribution < -0.4 is 4.90 Å². The van der Waals surface area contributed by atoms with Crippen LogP contribution in [-0.2, 0) is 13.0 Å². The maximum atomic E-state index is 13.7. The van der Waals surface area contributed by atoms with E-state index in [1.165, 1.54) is 5.56 Å². The molecule has 6 heteroatoms. The maximum Gasteiger partial charge on any atom is 0.260 e. The number of thiazole rings is 1. The van der Waals surface area contributed by atoms with E-state index in [2.05, 4.69) is 42.2 Å². The molecule has 0 aliphatic carbocycles. The summed E-state index contributed by atoms with van der Waals surface area (Å²) in [6, 6.07) is 24.4. The molecule has 0 atom stereocenters. The standard InChI is InChI=1S/C28H26N4OS/c1-2-21-9-14-25-26(19-21)34-28(30-25)32(17-6-16-31-18-15-29-20-31)27(33)24-12-10-23(11-13-24)22-7-4-3-5-8-22/h3-5,7-15,18-20H,2,6,16-17H2,1H3. The molecule has 2 aromatic heterocycles. The van der Waals surface area contributed by atoms with E-state index in [1.807, 2.05) is 58.1 Å². The molecule has 0 saturated carbocycles. The van der Waals surface area contributed by atoms with E-state index in [9.17, 15) is 4.79 Å². The van der Waals surface area contributed by atoms with Crippen molar-refractivity contribution in [2.24, 2.45) is 0 Å². The van der Waals surface area contributed by atoms with Crippen LogP contribution in [0.5, 0.6) is 0 Å². The van der Waals surface area contributed by atoms with Crippen LogP contribution in [0.4, 0.5) is 5.13 Å². The lowest BCUT2D eigenvalue weighted by Gasteiger charge is -2.20. The highest BCUT2D eigenvalue weighted by molar-refractivity contribution is 7.22. The van der Waals surface area contributed by atoms with Gasteiger partial charge in [0.2, 0.25) is 0 Å². The molecule has 0 radical (unpaired) electrons. The van der Waals surface area contributed by atoms with E-state index in [0.29, 0.717) is 12.1 Å². The van der Waals surface area contributed by atoms with Gasteiger partial charge in [0.25, 0.3) is 5.91 Å². The lowest BCUT2D eigenvalue weighted by Crippen LogP contribution is -2.32. The summed E-state index contributed by atoms with van der Waals surface area (Å²) < 4.78 is 3.14. The predicted molar refractivity (Wildman–Crippen MR) is 139 cm³/mol. The molecule has 0 fully saturated rings. The lowest BCUT2D eigenvalue weighted by atomic mass is 10.0. The summed E-state index contributed by atoms with van der Waals surface area (Å²) in [6.45, 7) is 3.52. The van der Waals surface area contributed by atoms with Gasteiger partial charge in [0.05, 0.1) is 16.5 Å². The number of fused-ring (bicyclic) bond motifs is 1. The fourth-order valence-corrected chi connectivity index (χ4v) is 5.05. The summed E-state index contributed by atoms with van der Waals surface area (Å²) in [5, 5.41) is 0.742. The first-order valence-electron chi connectivity index (χ1n) is 11.5. The van der Waals surface area contributed by atoms with Crippen molar-refractivity contribution in [2.45, 2.75) is 26.3 Å². The van der Waals surface area contributed by atoms with Gasteiger partial charge in [-0.25, -0.2) is 9.97 Å². The van der Waals surface area contributed by atoms with Crippen LogP contribution in [0.1, 0.15) is 29.3 Å². The molecule has 1 amide bonds. The second kappa shape index (κ2) is 10.0. The molecule has 2 heterocycles. The van der Waals surface area contributed by atoms with Gasteiger partial charge in [-0.15, -0.1) is 0 Å². The number of anilines is 1. The minimum atomic E-state index is -0.0278. The normalized spacial score (nSPS) is 11.1. The van der Waals surface area contributed by atoms with Crippen molar-refractivity contribution in [2.75, 3.05) is 11.4 Å². The van der Waals surface area contributed by atoms with Crippen LogP contribution in [0.25, 0.3) is 21.3 Å². The van der Waals surface area contributed by atoms with Crippen molar-refractivity contribution in [1.82, 2.24) is 14.5 Å². The van der Waals surface area contributed by atoms with Crippen LogP contribution in [0.3, 0.4) is 0 Å². The van der Waals surface area contributed by atoms with Crippen molar-refractivity contribution in [3.8, 4) is 11.1 Å². The quantitative estimate of drug-likeness (QED) is 0.264. The van der Waals surface area contributed by atoms with Crippen LogP contribution >= 0.6 is 11.3 Å². The predicted octanol–water partition coefficient (Wildman–Crippen LogP) is 6.46. The fourth-order valence-electron chi connectivity index (χ4n) is 4.00. The van der Waals surface area contributed by atoms with Gasteiger partial charge in [-0.2, -0.15) is 0 Å². The highest BCUT2D eigenvalue weighted by Crippen LogP contribution is 2.31. The minimum Gasteiger partial charge on any atom is -0.337 e. The first kappa shape index (κ1) is 22.0. The number of hydrogen-bond donors (Lipinski definition) is 0. The Morgan fingerprint density at radius 2 is 1.79 bits per heavy atom.